The maximum Gasteiger partial charge on any atom is 0.272 e. The van der Waals surface area contributed by atoms with Gasteiger partial charge >= 0.3 is 0 Å². The van der Waals surface area contributed by atoms with Gasteiger partial charge in [-0.2, -0.15) is 0 Å². The molecule has 2 rings (SSSR count). The van der Waals surface area contributed by atoms with Crippen LogP contribution in [0.3, 0.4) is 0 Å². The number of hydrogen-bond donors (Lipinski definition) is 1. The van der Waals surface area contributed by atoms with Crippen LogP contribution in [0.25, 0.3) is 10.8 Å². The lowest BCUT2D eigenvalue weighted by Crippen LogP contribution is -2.07. The van der Waals surface area contributed by atoms with Crippen molar-refractivity contribution < 1.29 is 13.5 Å². The standard InChI is InChI=1S/C11H10F2N2O/c12-11(13)6-16-10-2-1-9(14)8-5-15-4-3-7(8)10/h1-5,11H,6,14H2. The second-order valence-electron chi connectivity index (χ2n) is 3.28. The Kier molecular flexibility index (Phi) is 2.85. The molecular formula is C11H10F2N2O. The van der Waals surface area contributed by atoms with Crippen molar-refractivity contribution in [1.29, 1.82) is 0 Å². The van der Waals surface area contributed by atoms with Gasteiger partial charge in [-0.25, -0.2) is 8.78 Å². The molecule has 0 radical (unpaired) electrons. The molecule has 0 saturated heterocycles. The molecule has 0 fully saturated rings. The number of nitrogens with zero attached hydrogens (tertiary/aromatic N) is 1. The number of nitrogens with two attached hydrogens (primary N) is 1. The van der Waals surface area contributed by atoms with Crippen molar-refractivity contribution in [2.24, 2.45) is 0 Å². The predicted molar refractivity (Wildman–Crippen MR) is 57.7 cm³/mol. The molecule has 1 heterocycles. The van der Waals surface area contributed by atoms with Gasteiger partial charge in [0, 0.05) is 28.9 Å². The summed E-state index contributed by atoms with van der Waals surface area (Å²) < 4.78 is 29.1. The summed E-state index contributed by atoms with van der Waals surface area (Å²) in [5.74, 6) is 0.395. The number of anilines is 1. The fraction of sp³-hybridized carbons (Fsp3) is 0.182. The molecule has 0 aliphatic carbocycles. The van der Waals surface area contributed by atoms with E-state index in [1.165, 1.54) is 0 Å². The van der Waals surface area contributed by atoms with Crippen LogP contribution in [-0.4, -0.2) is 18.0 Å². The van der Waals surface area contributed by atoms with Gasteiger partial charge in [0.15, 0.2) is 0 Å². The lowest BCUT2D eigenvalue weighted by Gasteiger charge is -2.09. The maximum absolute atomic E-state index is 12.0. The van der Waals surface area contributed by atoms with E-state index in [-0.39, 0.29) is 0 Å². The third kappa shape index (κ3) is 2.03. The van der Waals surface area contributed by atoms with E-state index in [4.69, 9.17) is 10.5 Å². The van der Waals surface area contributed by atoms with E-state index in [0.29, 0.717) is 22.2 Å². The van der Waals surface area contributed by atoms with Crippen LogP contribution in [0.5, 0.6) is 5.75 Å². The van der Waals surface area contributed by atoms with Crippen LogP contribution in [0, 0.1) is 0 Å². The first-order chi connectivity index (χ1) is 7.68. The second kappa shape index (κ2) is 4.30. The highest BCUT2D eigenvalue weighted by Crippen LogP contribution is 2.29. The molecule has 0 atom stereocenters. The van der Waals surface area contributed by atoms with Crippen molar-refractivity contribution >= 4 is 16.5 Å². The first kappa shape index (κ1) is 10.6. The smallest absolute Gasteiger partial charge is 0.272 e. The van der Waals surface area contributed by atoms with Gasteiger partial charge in [0.25, 0.3) is 6.43 Å². The van der Waals surface area contributed by atoms with Gasteiger partial charge < -0.3 is 10.5 Å². The van der Waals surface area contributed by atoms with Crippen molar-refractivity contribution in [3.05, 3.63) is 30.6 Å². The normalized spacial score (nSPS) is 10.9. The molecule has 5 heteroatoms. The molecule has 0 unspecified atom stereocenters. The second-order valence-corrected chi connectivity index (χ2v) is 3.28. The van der Waals surface area contributed by atoms with Crippen LogP contribution in [0.1, 0.15) is 0 Å². The fourth-order valence-corrected chi connectivity index (χ4v) is 1.46. The summed E-state index contributed by atoms with van der Waals surface area (Å²) in [7, 11) is 0. The topological polar surface area (TPSA) is 48.1 Å². The summed E-state index contributed by atoms with van der Waals surface area (Å²) in [5, 5.41) is 1.39. The number of fused-ring (bicyclic) bond motifs is 1. The minimum atomic E-state index is -2.49. The average Bonchev–Trinajstić information content (AvgIpc) is 2.28. The summed E-state index contributed by atoms with van der Waals surface area (Å²) in [4.78, 5) is 3.93. The Balaban J connectivity index is 2.42. The zero-order valence-corrected chi connectivity index (χ0v) is 8.36. The van der Waals surface area contributed by atoms with Crippen molar-refractivity contribution in [3.63, 3.8) is 0 Å². The molecule has 0 aliphatic heterocycles. The van der Waals surface area contributed by atoms with Gasteiger partial charge in [0.2, 0.25) is 0 Å². The van der Waals surface area contributed by atoms with Crippen molar-refractivity contribution in [1.82, 2.24) is 4.98 Å². The highest BCUT2D eigenvalue weighted by Gasteiger charge is 2.08. The Morgan fingerprint density at radius 1 is 1.25 bits per heavy atom. The maximum atomic E-state index is 12.0. The average molecular weight is 224 g/mol. The molecule has 2 N–H and O–H groups in total. The van der Waals surface area contributed by atoms with Crippen molar-refractivity contribution in [3.8, 4) is 5.75 Å². The quantitative estimate of drug-likeness (QED) is 0.814. The zero-order chi connectivity index (χ0) is 11.5. The summed E-state index contributed by atoms with van der Waals surface area (Å²) in [6, 6.07) is 4.89. The molecule has 0 saturated carbocycles. The fourth-order valence-electron chi connectivity index (χ4n) is 1.46. The van der Waals surface area contributed by atoms with Gasteiger partial charge in [-0.15, -0.1) is 0 Å². The molecule has 1 aromatic heterocycles. The summed E-state index contributed by atoms with van der Waals surface area (Å²) >= 11 is 0. The van der Waals surface area contributed by atoms with E-state index in [1.54, 1.807) is 30.6 Å². The Morgan fingerprint density at radius 2 is 2.06 bits per heavy atom. The Labute approximate surface area is 90.8 Å². The molecule has 1 aromatic carbocycles. The third-order valence-corrected chi connectivity index (χ3v) is 2.18. The van der Waals surface area contributed by atoms with Crippen molar-refractivity contribution in [2.45, 2.75) is 6.43 Å². The van der Waals surface area contributed by atoms with Crippen LogP contribution in [0.4, 0.5) is 14.5 Å². The first-order valence-corrected chi connectivity index (χ1v) is 4.71. The molecule has 84 valence electrons. The largest absolute Gasteiger partial charge is 0.487 e. The van der Waals surface area contributed by atoms with E-state index >= 15 is 0 Å². The first-order valence-electron chi connectivity index (χ1n) is 4.71. The van der Waals surface area contributed by atoms with Crippen LogP contribution in [0.2, 0.25) is 0 Å². The SMILES string of the molecule is Nc1ccc(OCC(F)F)c2ccncc12. The molecule has 0 spiro atoms. The monoisotopic (exact) mass is 224 g/mol. The molecule has 0 aliphatic rings. The number of rotatable bonds is 3. The number of ether oxygens (including phenoxy) is 1. The lowest BCUT2D eigenvalue weighted by atomic mass is 10.1. The number of benzene rings is 1. The lowest BCUT2D eigenvalue weighted by molar-refractivity contribution is 0.0827. The Bertz CT molecular complexity index is 502. The van der Waals surface area contributed by atoms with Gasteiger partial charge in [0.1, 0.15) is 12.4 Å². The molecule has 0 amide bonds. The number of aromatic nitrogens is 1. The predicted octanol–water partition coefficient (Wildman–Crippen LogP) is 2.46. The van der Waals surface area contributed by atoms with Crippen LogP contribution in [-0.2, 0) is 0 Å². The number of nitrogen functional groups attached to an aromatic ring is 1. The van der Waals surface area contributed by atoms with Gasteiger partial charge in [-0.1, -0.05) is 0 Å². The molecule has 3 nitrogen and oxygen atoms in total. The van der Waals surface area contributed by atoms with Gasteiger partial charge in [0.05, 0.1) is 0 Å². The Hall–Kier alpha value is -1.91. The minimum absolute atomic E-state index is 0.395. The van der Waals surface area contributed by atoms with E-state index in [1.807, 2.05) is 0 Å². The van der Waals surface area contributed by atoms with Gasteiger partial charge in [-0.3, -0.25) is 4.98 Å². The number of alkyl halides is 2. The zero-order valence-electron chi connectivity index (χ0n) is 8.36. The highest BCUT2D eigenvalue weighted by atomic mass is 19.3. The molecule has 2 aromatic rings. The van der Waals surface area contributed by atoms with E-state index in [2.05, 4.69) is 4.98 Å². The summed E-state index contributed by atoms with van der Waals surface area (Å²) in [6.07, 6.45) is 0.658. The summed E-state index contributed by atoms with van der Waals surface area (Å²) in [5.41, 5.74) is 6.29. The van der Waals surface area contributed by atoms with Crippen molar-refractivity contribution in [2.75, 3.05) is 12.3 Å². The third-order valence-electron chi connectivity index (χ3n) is 2.18. The summed E-state index contributed by atoms with van der Waals surface area (Å²) in [6.45, 7) is -0.624. The van der Waals surface area contributed by atoms with E-state index in [0.717, 1.165) is 0 Å². The minimum Gasteiger partial charge on any atom is -0.487 e. The number of pyridine rings is 1. The van der Waals surface area contributed by atoms with Crippen LogP contribution in [0.15, 0.2) is 30.6 Å². The van der Waals surface area contributed by atoms with Crippen LogP contribution < -0.4 is 10.5 Å². The molecular weight excluding hydrogens is 214 g/mol. The van der Waals surface area contributed by atoms with Crippen LogP contribution >= 0.6 is 0 Å². The van der Waals surface area contributed by atoms with E-state index < -0.39 is 13.0 Å². The van der Waals surface area contributed by atoms with E-state index in [9.17, 15) is 8.78 Å². The Morgan fingerprint density at radius 3 is 2.81 bits per heavy atom. The highest BCUT2D eigenvalue weighted by molar-refractivity contribution is 5.96. The molecule has 16 heavy (non-hydrogen) atoms. The number of halogens is 2. The van der Waals surface area contributed by atoms with Gasteiger partial charge in [-0.05, 0) is 18.2 Å². The number of hydrogen-bond acceptors (Lipinski definition) is 3. The molecule has 0 bridgehead atoms.